The molecule has 0 aliphatic carbocycles. The fourth-order valence-electron chi connectivity index (χ4n) is 3.18. The van der Waals surface area contributed by atoms with Crippen molar-refractivity contribution in [1.29, 1.82) is 0 Å². The number of hydrogen-bond donors (Lipinski definition) is 1. The Bertz CT molecular complexity index is 1100. The highest BCUT2D eigenvalue weighted by atomic mass is 32.1. The molecule has 7 nitrogen and oxygen atoms in total. The van der Waals surface area contributed by atoms with Crippen molar-refractivity contribution in [3.63, 3.8) is 0 Å². The van der Waals surface area contributed by atoms with Gasteiger partial charge in [0.2, 0.25) is 0 Å². The first-order chi connectivity index (χ1) is 13.4. The zero-order valence-electron chi connectivity index (χ0n) is 16.6. The first-order valence-electron chi connectivity index (χ1n) is 9.16. The van der Waals surface area contributed by atoms with Crippen LogP contribution < -0.4 is 5.32 Å². The van der Waals surface area contributed by atoms with E-state index in [0.29, 0.717) is 5.92 Å². The Morgan fingerprint density at radius 2 is 1.96 bits per heavy atom. The SMILES string of the molecule is Cc1cn(-c2ccc(-c3csc(Nc4c(C)c(C(C)C)nn4C)n3)cn2)cn1. The molecule has 0 amide bonds. The van der Waals surface area contributed by atoms with Crippen LogP contribution in [0.15, 0.2) is 36.2 Å². The lowest BCUT2D eigenvalue weighted by molar-refractivity contribution is 0.717. The standard InChI is InChI=1S/C20H23N7S/c1-12(2)18-14(4)19(26(5)25-18)24-20-23-16(10-28-20)15-6-7-17(21-8-15)27-9-13(3)22-11-27/h6-12H,1-5H3,(H,23,24). The van der Waals surface area contributed by atoms with Gasteiger partial charge in [-0.3, -0.25) is 9.25 Å². The van der Waals surface area contributed by atoms with Crippen molar-refractivity contribution >= 4 is 22.3 Å². The van der Waals surface area contributed by atoms with Crippen LogP contribution in [0.1, 0.15) is 36.7 Å². The number of aryl methyl sites for hydroxylation is 2. The molecule has 0 saturated carbocycles. The van der Waals surface area contributed by atoms with Gasteiger partial charge in [0.15, 0.2) is 5.13 Å². The average molecular weight is 394 g/mol. The molecular formula is C20H23N7S. The summed E-state index contributed by atoms with van der Waals surface area (Å²) in [5.41, 5.74) is 5.12. The number of aromatic nitrogens is 6. The third-order valence-corrected chi connectivity index (χ3v) is 5.37. The third kappa shape index (κ3) is 3.43. The van der Waals surface area contributed by atoms with Crippen molar-refractivity contribution in [3.8, 4) is 17.1 Å². The first-order valence-corrected chi connectivity index (χ1v) is 10.0. The Morgan fingerprint density at radius 1 is 1.14 bits per heavy atom. The molecule has 0 atom stereocenters. The topological polar surface area (TPSA) is 73.5 Å². The molecule has 0 fully saturated rings. The van der Waals surface area contributed by atoms with Crippen molar-refractivity contribution in [3.05, 3.63) is 53.2 Å². The van der Waals surface area contributed by atoms with E-state index in [1.165, 1.54) is 0 Å². The number of nitrogens with one attached hydrogen (secondary N) is 1. The highest BCUT2D eigenvalue weighted by Crippen LogP contribution is 2.30. The van der Waals surface area contributed by atoms with Crippen molar-refractivity contribution < 1.29 is 0 Å². The second kappa shape index (κ2) is 7.20. The van der Waals surface area contributed by atoms with E-state index >= 15 is 0 Å². The normalized spacial score (nSPS) is 11.4. The molecule has 0 aliphatic heterocycles. The highest BCUT2D eigenvalue weighted by molar-refractivity contribution is 7.14. The van der Waals surface area contributed by atoms with Gasteiger partial charge in [0.1, 0.15) is 18.0 Å². The Labute approximate surface area is 168 Å². The van der Waals surface area contributed by atoms with Crippen molar-refractivity contribution in [2.24, 2.45) is 7.05 Å². The summed E-state index contributed by atoms with van der Waals surface area (Å²) in [6, 6.07) is 4.01. The minimum atomic E-state index is 0.387. The maximum atomic E-state index is 4.73. The molecular weight excluding hydrogens is 370 g/mol. The van der Waals surface area contributed by atoms with Gasteiger partial charge in [0, 0.05) is 35.9 Å². The lowest BCUT2D eigenvalue weighted by atomic mass is 10.1. The van der Waals surface area contributed by atoms with Crippen molar-refractivity contribution in [1.82, 2.24) is 29.3 Å². The zero-order valence-corrected chi connectivity index (χ0v) is 17.4. The van der Waals surface area contributed by atoms with Crippen LogP contribution >= 0.6 is 11.3 Å². The summed E-state index contributed by atoms with van der Waals surface area (Å²) < 4.78 is 3.79. The molecule has 1 N–H and O–H groups in total. The largest absolute Gasteiger partial charge is 0.316 e. The van der Waals surface area contributed by atoms with E-state index in [4.69, 9.17) is 4.98 Å². The minimum absolute atomic E-state index is 0.387. The number of imidazole rings is 1. The maximum absolute atomic E-state index is 4.73. The van der Waals surface area contributed by atoms with E-state index < -0.39 is 0 Å². The third-order valence-electron chi connectivity index (χ3n) is 4.62. The number of anilines is 2. The second-order valence-corrected chi connectivity index (χ2v) is 7.99. The summed E-state index contributed by atoms with van der Waals surface area (Å²) in [5.74, 6) is 2.20. The first kappa shape index (κ1) is 18.4. The molecule has 0 radical (unpaired) electrons. The van der Waals surface area contributed by atoms with Gasteiger partial charge >= 0.3 is 0 Å². The van der Waals surface area contributed by atoms with Gasteiger partial charge in [-0.25, -0.2) is 15.0 Å². The van der Waals surface area contributed by atoms with Crippen LogP contribution in [0, 0.1) is 13.8 Å². The monoisotopic (exact) mass is 393 g/mol. The molecule has 28 heavy (non-hydrogen) atoms. The minimum Gasteiger partial charge on any atom is -0.316 e. The van der Waals surface area contributed by atoms with Crippen LogP contribution in [0.4, 0.5) is 10.9 Å². The molecule has 4 rings (SSSR count). The molecule has 0 spiro atoms. The van der Waals surface area contributed by atoms with E-state index in [0.717, 1.165) is 45.0 Å². The lowest BCUT2D eigenvalue weighted by Crippen LogP contribution is -2.00. The number of hydrogen-bond acceptors (Lipinski definition) is 6. The molecule has 0 saturated heterocycles. The fourth-order valence-corrected chi connectivity index (χ4v) is 3.89. The summed E-state index contributed by atoms with van der Waals surface area (Å²) in [7, 11) is 1.95. The number of thiazole rings is 1. The summed E-state index contributed by atoms with van der Waals surface area (Å²) in [5, 5.41) is 10.9. The molecule has 8 heteroatoms. The van der Waals surface area contributed by atoms with Gasteiger partial charge in [-0.1, -0.05) is 13.8 Å². The van der Waals surface area contributed by atoms with Gasteiger partial charge in [0.05, 0.1) is 17.1 Å². The molecule has 4 heterocycles. The Morgan fingerprint density at radius 3 is 2.57 bits per heavy atom. The van der Waals surface area contributed by atoms with Gasteiger partial charge in [-0.05, 0) is 31.9 Å². The zero-order chi connectivity index (χ0) is 19.8. The Balaban J connectivity index is 1.55. The quantitative estimate of drug-likeness (QED) is 0.536. The second-order valence-electron chi connectivity index (χ2n) is 7.13. The van der Waals surface area contributed by atoms with E-state index in [2.05, 4.69) is 41.2 Å². The number of pyridine rings is 1. The maximum Gasteiger partial charge on any atom is 0.188 e. The fraction of sp³-hybridized carbons (Fsp3) is 0.300. The van der Waals surface area contributed by atoms with E-state index in [-0.39, 0.29) is 0 Å². The van der Waals surface area contributed by atoms with Gasteiger partial charge in [-0.2, -0.15) is 5.10 Å². The molecule has 144 valence electrons. The van der Waals surface area contributed by atoms with Crippen molar-refractivity contribution in [2.45, 2.75) is 33.6 Å². The smallest absolute Gasteiger partial charge is 0.188 e. The predicted molar refractivity (Wildman–Crippen MR) is 113 cm³/mol. The van der Waals surface area contributed by atoms with Crippen molar-refractivity contribution in [2.75, 3.05) is 5.32 Å². The Hall–Kier alpha value is -3.00. The summed E-state index contributed by atoms with van der Waals surface area (Å²) >= 11 is 1.57. The van der Waals surface area contributed by atoms with Crippen LogP contribution in [0.5, 0.6) is 0 Å². The van der Waals surface area contributed by atoms with Crippen LogP contribution in [0.2, 0.25) is 0 Å². The van der Waals surface area contributed by atoms with Crippen LogP contribution in [0.3, 0.4) is 0 Å². The molecule has 0 aromatic carbocycles. The molecule has 4 aromatic heterocycles. The summed E-state index contributed by atoms with van der Waals surface area (Å²) in [6.45, 7) is 8.37. The van der Waals surface area contributed by atoms with E-state index in [1.807, 2.05) is 53.1 Å². The summed E-state index contributed by atoms with van der Waals surface area (Å²) in [4.78, 5) is 13.5. The predicted octanol–water partition coefficient (Wildman–Crippen LogP) is 4.61. The van der Waals surface area contributed by atoms with Crippen LogP contribution in [-0.2, 0) is 7.05 Å². The Kier molecular flexibility index (Phi) is 4.72. The molecule has 0 unspecified atom stereocenters. The molecule has 4 aromatic rings. The van der Waals surface area contributed by atoms with Crippen LogP contribution in [-0.4, -0.2) is 29.3 Å². The van der Waals surface area contributed by atoms with E-state index in [1.54, 1.807) is 17.7 Å². The average Bonchev–Trinajstić information content (AvgIpc) is 3.38. The molecule has 0 aliphatic rings. The number of nitrogens with zero attached hydrogens (tertiary/aromatic N) is 6. The number of rotatable bonds is 5. The van der Waals surface area contributed by atoms with Gasteiger partial charge in [0.25, 0.3) is 0 Å². The van der Waals surface area contributed by atoms with Crippen LogP contribution in [0.25, 0.3) is 17.1 Å². The van der Waals surface area contributed by atoms with Gasteiger partial charge in [-0.15, -0.1) is 11.3 Å². The lowest BCUT2D eigenvalue weighted by Gasteiger charge is -2.05. The highest BCUT2D eigenvalue weighted by Gasteiger charge is 2.16. The summed E-state index contributed by atoms with van der Waals surface area (Å²) in [6.07, 6.45) is 5.56. The van der Waals surface area contributed by atoms with E-state index in [9.17, 15) is 0 Å². The molecule has 0 bridgehead atoms. The van der Waals surface area contributed by atoms with Gasteiger partial charge < -0.3 is 5.32 Å².